The molecular formula is C12H14FN6O4+. The number of fused-ring (bicyclic) bond motifs is 1. The summed E-state index contributed by atoms with van der Waals surface area (Å²) in [7, 11) is 0. The number of alkyl halides is 1. The number of nitrogens with zero attached hydrogens (tertiary/aromatic N) is 4. The van der Waals surface area contributed by atoms with Crippen LogP contribution >= 0.6 is 0 Å². The van der Waals surface area contributed by atoms with Crippen LogP contribution in [0.25, 0.3) is 11.2 Å². The zero-order chi connectivity index (χ0) is 16.6. The number of ether oxygens (including phenoxy) is 1. The average molecular weight is 325 g/mol. The van der Waals surface area contributed by atoms with Crippen molar-refractivity contribution < 1.29 is 19.3 Å². The predicted molar refractivity (Wildman–Crippen MR) is 73.0 cm³/mol. The summed E-state index contributed by atoms with van der Waals surface area (Å²) < 4.78 is 20.3. The van der Waals surface area contributed by atoms with Gasteiger partial charge in [-0.3, -0.25) is 13.8 Å². The number of aromatic nitrogens is 3. The van der Waals surface area contributed by atoms with E-state index in [1.807, 2.05) is 0 Å². The Bertz CT molecular complexity index is 830. The molecule has 0 spiro atoms. The summed E-state index contributed by atoms with van der Waals surface area (Å²) in [6.45, 7) is -1.76. The molecule has 1 fully saturated rings. The highest BCUT2D eigenvalue weighted by atomic mass is 19.1. The lowest BCUT2D eigenvalue weighted by Gasteiger charge is -2.18. The van der Waals surface area contributed by atoms with E-state index in [0.717, 1.165) is 0 Å². The molecular weight excluding hydrogens is 311 g/mol. The topological polar surface area (TPSA) is 151 Å². The number of pyridine rings is 1. The second kappa shape index (κ2) is 5.63. The number of halogens is 1. The third-order valence-electron chi connectivity index (χ3n) is 3.94. The fourth-order valence-corrected chi connectivity index (χ4v) is 2.76. The van der Waals surface area contributed by atoms with E-state index in [0.29, 0.717) is 0 Å². The first kappa shape index (κ1) is 15.4. The summed E-state index contributed by atoms with van der Waals surface area (Å²) in [5.74, 6) is -1.09. The van der Waals surface area contributed by atoms with Crippen LogP contribution in [-0.2, 0) is 4.74 Å². The van der Waals surface area contributed by atoms with Gasteiger partial charge >= 0.3 is 0 Å². The normalized spacial score (nSPS) is 30.5. The van der Waals surface area contributed by atoms with Gasteiger partial charge in [0.05, 0.1) is 18.9 Å². The summed E-state index contributed by atoms with van der Waals surface area (Å²) in [6, 6.07) is 1.29. The molecule has 0 unspecified atom stereocenters. The number of imidazole rings is 1. The molecule has 122 valence electrons. The van der Waals surface area contributed by atoms with Crippen LogP contribution in [0, 0.1) is 11.4 Å². The van der Waals surface area contributed by atoms with Gasteiger partial charge in [-0.15, -0.1) is 0 Å². The van der Waals surface area contributed by atoms with Crippen molar-refractivity contribution in [1.29, 1.82) is 5.53 Å². The van der Waals surface area contributed by atoms with Gasteiger partial charge in [-0.05, 0) is 0 Å². The third kappa shape index (κ3) is 2.18. The van der Waals surface area contributed by atoms with E-state index in [1.165, 1.54) is 23.2 Å². The van der Waals surface area contributed by atoms with E-state index in [4.69, 9.17) is 10.3 Å². The Morgan fingerprint density at radius 2 is 2.43 bits per heavy atom. The molecule has 2 aromatic heterocycles. The summed E-state index contributed by atoms with van der Waals surface area (Å²) >= 11 is 0. The first-order valence-corrected chi connectivity index (χ1v) is 6.73. The Morgan fingerprint density at radius 3 is 3.09 bits per heavy atom. The van der Waals surface area contributed by atoms with E-state index >= 15 is 0 Å². The van der Waals surface area contributed by atoms with Crippen LogP contribution in [0.15, 0.2) is 28.5 Å². The number of hydrogen-bond acceptors (Lipinski definition) is 7. The molecule has 3 rings (SSSR count). The molecule has 0 amide bonds. The smallest absolute Gasteiger partial charge is 0.293 e. The van der Waals surface area contributed by atoms with Gasteiger partial charge in [0.1, 0.15) is 30.1 Å². The Morgan fingerprint density at radius 1 is 1.65 bits per heavy atom. The predicted octanol–water partition coefficient (Wildman–Crippen LogP) is -0.561. The van der Waals surface area contributed by atoms with Gasteiger partial charge in [-0.1, -0.05) is 0 Å². The molecule has 0 saturated carbocycles. The molecule has 4 atom stereocenters. The fraction of sp³-hybridized carbons (Fsp3) is 0.500. The number of hydrogen-bond donors (Lipinski definition) is 4. The molecule has 1 saturated heterocycles. The Labute approximate surface area is 127 Å². The van der Waals surface area contributed by atoms with Gasteiger partial charge in [-0.2, -0.15) is 0 Å². The van der Waals surface area contributed by atoms with Gasteiger partial charge in [0.25, 0.3) is 5.72 Å². The Kier molecular flexibility index (Phi) is 3.78. The SMILES string of the molecule is N=[N+]=N[C@]1(CO)O[C@@H](n2cnc3c(=O)cc[nH]c32)[C@@H](CF)[C@@H]1O. The minimum atomic E-state index is -1.94. The summed E-state index contributed by atoms with van der Waals surface area (Å²) in [5, 5.41) is 23.1. The Hall–Kier alpha value is -2.46. The lowest BCUT2D eigenvalue weighted by molar-refractivity contribution is -0.126. The molecule has 0 aliphatic carbocycles. The van der Waals surface area contributed by atoms with Crippen molar-refractivity contribution >= 4 is 11.2 Å². The largest absolute Gasteiger partial charge is 0.391 e. The van der Waals surface area contributed by atoms with Crippen molar-refractivity contribution in [2.75, 3.05) is 13.3 Å². The molecule has 3 heterocycles. The van der Waals surface area contributed by atoms with Gasteiger partial charge in [-0.25, -0.2) is 4.98 Å². The summed E-state index contributed by atoms with van der Waals surface area (Å²) in [4.78, 5) is 21.3. The molecule has 1 aliphatic heterocycles. The van der Waals surface area contributed by atoms with Crippen molar-refractivity contribution in [3.63, 3.8) is 0 Å². The van der Waals surface area contributed by atoms with E-state index in [2.05, 4.69) is 20.0 Å². The van der Waals surface area contributed by atoms with Crippen LogP contribution in [0.3, 0.4) is 0 Å². The summed E-state index contributed by atoms with van der Waals surface area (Å²) in [6.07, 6.45) is 0.0650. The van der Waals surface area contributed by atoms with Gasteiger partial charge in [0.2, 0.25) is 10.3 Å². The number of aromatic amines is 1. The number of rotatable bonds is 4. The standard InChI is InChI=1S/C12H13FN6O4/c13-3-6-9(22)12(4-20,17-18-14)23-11(6)19-5-16-8-7(21)1-2-15-10(8)19/h1-2,5-6,9,11,14,20,22H,3-4H2/p+1/t6-,9-,11+,12+/m0/s1. The molecule has 0 bridgehead atoms. The lowest BCUT2D eigenvalue weighted by Crippen LogP contribution is -2.43. The number of H-pyrrole nitrogens is 1. The van der Waals surface area contributed by atoms with Gasteiger partial charge < -0.3 is 19.9 Å². The average Bonchev–Trinajstić information content (AvgIpc) is 3.09. The molecule has 0 aromatic carbocycles. The monoisotopic (exact) mass is 325 g/mol. The molecule has 4 N–H and O–H groups in total. The van der Waals surface area contributed by atoms with E-state index in [9.17, 15) is 19.4 Å². The molecule has 2 aromatic rings. The summed E-state index contributed by atoms with van der Waals surface area (Å²) in [5.41, 5.74) is 4.96. The van der Waals surface area contributed by atoms with Crippen LogP contribution in [0.4, 0.5) is 4.39 Å². The second-order valence-electron chi connectivity index (χ2n) is 5.17. The maximum absolute atomic E-state index is 13.4. The maximum atomic E-state index is 13.4. The fourth-order valence-electron chi connectivity index (χ4n) is 2.76. The number of nitrogens with one attached hydrogen (secondary N) is 2. The first-order valence-electron chi connectivity index (χ1n) is 6.73. The zero-order valence-corrected chi connectivity index (χ0v) is 11.8. The molecule has 23 heavy (non-hydrogen) atoms. The molecule has 10 nitrogen and oxygen atoms in total. The van der Waals surface area contributed by atoms with Gasteiger partial charge in [0.15, 0.2) is 10.6 Å². The lowest BCUT2D eigenvalue weighted by atomic mass is 9.97. The minimum absolute atomic E-state index is 0.131. The van der Waals surface area contributed by atoms with Gasteiger partial charge in [0, 0.05) is 12.3 Å². The zero-order valence-electron chi connectivity index (χ0n) is 11.8. The van der Waals surface area contributed by atoms with Crippen LogP contribution in [0.5, 0.6) is 0 Å². The van der Waals surface area contributed by atoms with Crippen LogP contribution < -0.4 is 10.3 Å². The number of aliphatic hydroxyl groups is 2. The molecule has 11 heteroatoms. The maximum Gasteiger partial charge on any atom is 0.293 e. The quantitative estimate of drug-likeness (QED) is 0.439. The highest BCUT2D eigenvalue weighted by Gasteiger charge is 2.59. The highest BCUT2D eigenvalue weighted by Crippen LogP contribution is 2.42. The van der Waals surface area contributed by atoms with Crippen LogP contribution in [-0.4, -0.2) is 49.9 Å². The van der Waals surface area contributed by atoms with Crippen molar-refractivity contribution in [3.05, 3.63) is 28.8 Å². The number of aliphatic hydroxyl groups excluding tert-OH is 2. The van der Waals surface area contributed by atoms with Crippen LogP contribution in [0.1, 0.15) is 6.23 Å². The van der Waals surface area contributed by atoms with Crippen LogP contribution in [0.2, 0.25) is 0 Å². The van der Waals surface area contributed by atoms with E-state index in [-0.39, 0.29) is 16.6 Å². The second-order valence-corrected chi connectivity index (χ2v) is 5.17. The van der Waals surface area contributed by atoms with E-state index in [1.54, 1.807) is 0 Å². The van der Waals surface area contributed by atoms with Crippen molar-refractivity contribution in [1.82, 2.24) is 19.4 Å². The third-order valence-corrected chi connectivity index (χ3v) is 3.94. The van der Waals surface area contributed by atoms with Crippen molar-refractivity contribution in [2.45, 2.75) is 18.1 Å². The van der Waals surface area contributed by atoms with Crippen molar-refractivity contribution in [3.8, 4) is 0 Å². The minimum Gasteiger partial charge on any atom is -0.391 e. The van der Waals surface area contributed by atoms with Crippen molar-refractivity contribution in [2.24, 2.45) is 11.0 Å². The molecule has 1 aliphatic rings. The van der Waals surface area contributed by atoms with E-state index < -0.39 is 37.3 Å². The first-order chi connectivity index (χ1) is 11.1. The Balaban J connectivity index is 2.12. The molecule has 0 radical (unpaired) electrons. The highest BCUT2D eigenvalue weighted by molar-refractivity contribution is 5.70.